The Balaban J connectivity index is 2.70. The van der Waals surface area contributed by atoms with Crippen molar-refractivity contribution in [3.8, 4) is 0 Å². The molecule has 0 fully saturated rings. The molecule has 0 aliphatic rings. The van der Waals surface area contributed by atoms with E-state index in [-0.39, 0.29) is 8.07 Å². The minimum Gasteiger partial charge on any atom is -0.349 e. The van der Waals surface area contributed by atoms with Crippen molar-refractivity contribution in [3.63, 3.8) is 0 Å². The number of hydrogen-bond acceptors (Lipinski definition) is 2. The summed E-state index contributed by atoms with van der Waals surface area (Å²) in [5.74, 6) is 1.01. The van der Waals surface area contributed by atoms with Crippen LogP contribution in [0.2, 0.25) is 0 Å². The van der Waals surface area contributed by atoms with Gasteiger partial charge in [-0.1, -0.05) is 33.8 Å². The van der Waals surface area contributed by atoms with Crippen LogP contribution in [0.4, 0.5) is 5.82 Å². The second kappa shape index (κ2) is 5.46. The zero-order valence-corrected chi connectivity index (χ0v) is 11.2. The van der Waals surface area contributed by atoms with E-state index in [1.165, 1.54) is 5.56 Å². The Kier molecular flexibility index (Phi) is 4.53. The molecule has 3 heteroatoms. The minimum absolute atomic E-state index is 0.177. The molecule has 0 aromatic carbocycles. The summed E-state index contributed by atoms with van der Waals surface area (Å²) in [4.78, 5) is 4.39. The summed E-state index contributed by atoms with van der Waals surface area (Å²) in [6, 6.07) is 4.17. The van der Waals surface area contributed by atoms with Gasteiger partial charge in [-0.25, -0.2) is 4.98 Å². The molecule has 1 rings (SSSR count). The molecule has 0 atom stereocenters. The lowest BCUT2D eigenvalue weighted by Gasteiger charge is -2.26. The fourth-order valence-electron chi connectivity index (χ4n) is 1.52. The highest BCUT2D eigenvalue weighted by atomic mass is 31.1. The normalized spacial score (nSPS) is 11.5. The molecule has 0 amide bonds. The number of pyridine rings is 1. The standard InChI is InChI=1S/C12H21N2P/c1-9(2)15(10(3)4)14-12-7-6-11(5)8-13-12/h6-10H,1-5H3,(H,13,14). The number of hydrogen-bond donors (Lipinski definition) is 1. The summed E-state index contributed by atoms with van der Waals surface area (Å²) < 4.78 is 0. The van der Waals surface area contributed by atoms with Gasteiger partial charge in [0.2, 0.25) is 0 Å². The molecule has 0 aliphatic carbocycles. The Morgan fingerprint density at radius 3 is 2.13 bits per heavy atom. The highest BCUT2D eigenvalue weighted by Crippen LogP contribution is 2.45. The SMILES string of the molecule is Cc1ccc(NP(C(C)C)C(C)C)nc1. The third-order valence-electron chi connectivity index (χ3n) is 2.27. The molecule has 0 spiro atoms. The van der Waals surface area contributed by atoms with Gasteiger partial charge in [-0.3, -0.25) is 0 Å². The van der Waals surface area contributed by atoms with Crippen LogP contribution in [0.1, 0.15) is 33.3 Å². The van der Waals surface area contributed by atoms with Gasteiger partial charge in [-0.15, -0.1) is 0 Å². The quantitative estimate of drug-likeness (QED) is 0.781. The van der Waals surface area contributed by atoms with Crippen LogP contribution in [0.25, 0.3) is 0 Å². The van der Waals surface area contributed by atoms with E-state index in [1.807, 2.05) is 6.20 Å². The van der Waals surface area contributed by atoms with Crippen molar-refractivity contribution in [1.82, 2.24) is 4.98 Å². The first-order valence-electron chi connectivity index (χ1n) is 5.48. The maximum absolute atomic E-state index is 4.39. The Morgan fingerprint density at radius 1 is 1.13 bits per heavy atom. The molecular weight excluding hydrogens is 203 g/mol. The lowest BCUT2D eigenvalue weighted by molar-refractivity contribution is 1.01. The first-order chi connectivity index (χ1) is 7.00. The summed E-state index contributed by atoms with van der Waals surface area (Å²) in [6.45, 7) is 11.1. The van der Waals surface area contributed by atoms with Crippen molar-refractivity contribution < 1.29 is 0 Å². The molecule has 1 aromatic heterocycles. The maximum Gasteiger partial charge on any atom is 0.129 e. The van der Waals surface area contributed by atoms with Crippen molar-refractivity contribution in [2.75, 3.05) is 5.09 Å². The molecule has 1 aromatic rings. The minimum atomic E-state index is -0.177. The highest BCUT2D eigenvalue weighted by Gasteiger charge is 2.16. The summed E-state index contributed by atoms with van der Waals surface area (Å²) in [7, 11) is -0.177. The molecule has 0 bridgehead atoms. The van der Waals surface area contributed by atoms with Crippen LogP contribution >= 0.6 is 8.07 Å². The lowest BCUT2D eigenvalue weighted by atomic mass is 10.3. The number of aromatic nitrogens is 1. The van der Waals surface area contributed by atoms with Crippen LogP contribution in [0.5, 0.6) is 0 Å². The van der Waals surface area contributed by atoms with Crippen molar-refractivity contribution >= 4 is 13.9 Å². The fourth-order valence-corrected chi connectivity index (χ4v) is 3.63. The van der Waals surface area contributed by atoms with Gasteiger partial charge in [0.05, 0.1) is 0 Å². The summed E-state index contributed by atoms with van der Waals surface area (Å²) in [5, 5.41) is 3.56. The van der Waals surface area contributed by atoms with Gasteiger partial charge in [-0.05, 0) is 37.9 Å². The van der Waals surface area contributed by atoms with Crippen LogP contribution in [0, 0.1) is 6.92 Å². The molecule has 0 unspecified atom stereocenters. The van der Waals surface area contributed by atoms with Crippen molar-refractivity contribution in [1.29, 1.82) is 0 Å². The van der Waals surface area contributed by atoms with Crippen molar-refractivity contribution in [3.05, 3.63) is 23.9 Å². The number of nitrogens with zero attached hydrogens (tertiary/aromatic N) is 1. The second-order valence-electron chi connectivity index (χ2n) is 4.43. The van der Waals surface area contributed by atoms with Crippen LogP contribution in [0.3, 0.4) is 0 Å². The molecule has 1 N–H and O–H groups in total. The molecular formula is C12H21N2P. The smallest absolute Gasteiger partial charge is 0.129 e. The van der Waals surface area contributed by atoms with E-state index in [2.05, 4.69) is 56.8 Å². The third kappa shape index (κ3) is 3.79. The maximum atomic E-state index is 4.39. The van der Waals surface area contributed by atoms with Crippen LogP contribution in [0.15, 0.2) is 18.3 Å². The van der Waals surface area contributed by atoms with E-state index in [0.717, 1.165) is 5.82 Å². The van der Waals surface area contributed by atoms with Gasteiger partial charge < -0.3 is 5.09 Å². The Morgan fingerprint density at radius 2 is 1.73 bits per heavy atom. The van der Waals surface area contributed by atoms with Gasteiger partial charge in [0.25, 0.3) is 0 Å². The lowest BCUT2D eigenvalue weighted by Crippen LogP contribution is -2.11. The summed E-state index contributed by atoms with van der Waals surface area (Å²) in [5.41, 5.74) is 2.57. The molecule has 2 nitrogen and oxygen atoms in total. The third-order valence-corrected chi connectivity index (χ3v) is 4.98. The van der Waals surface area contributed by atoms with Gasteiger partial charge in [0.1, 0.15) is 5.82 Å². The van der Waals surface area contributed by atoms with Crippen LogP contribution in [-0.4, -0.2) is 16.3 Å². The number of aryl methyl sites for hydroxylation is 1. The predicted molar refractivity (Wildman–Crippen MR) is 69.8 cm³/mol. The van der Waals surface area contributed by atoms with Crippen molar-refractivity contribution in [2.45, 2.75) is 45.9 Å². The predicted octanol–water partition coefficient (Wildman–Crippen LogP) is 4.02. The van der Waals surface area contributed by atoms with E-state index < -0.39 is 0 Å². The first-order valence-corrected chi connectivity index (χ1v) is 6.96. The molecule has 0 saturated heterocycles. The molecule has 15 heavy (non-hydrogen) atoms. The van der Waals surface area contributed by atoms with Gasteiger partial charge in [0.15, 0.2) is 0 Å². The summed E-state index contributed by atoms with van der Waals surface area (Å²) >= 11 is 0. The zero-order valence-electron chi connectivity index (χ0n) is 10.3. The average molecular weight is 224 g/mol. The van der Waals surface area contributed by atoms with E-state index in [4.69, 9.17) is 0 Å². The van der Waals surface area contributed by atoms with Crippen LogP contribution in [-0.2, 0) is 0 Å². The second-order valence-corrected chi connectivity index (χ2v) is 7.53. The first kappa shape index (κ1) is 12.4. The Hall–Kier alpha value is -0.620. The van der Waals surface area contributed by atoms with Crippen molar-refractivity contribution in [2.24, 2.45) is 0 Å². The Bertz CT molecular complexity index is 285. The molecule has 0 saturated carbocycles. The fraction of sp³-hybridized carbons (Fsp3) is 0.583. The summed E-state index contributed by atoms with van der Waals surface area (Å²) in [6.07, 6.45) is 1.91. The topological polar surface area (TPSA) is 24.9 Å². The largest absolute Gasteiger partial charge is 0.349 e. The zero-order chi connectivity index (χ0) is 11.4. The number of nitrogens with one attached hydrogen (secondary N) is 1. The van der Waals surface area contributed by atoms with Gasteiger partial charge >= 0.3 is 0 Å². The van der Waals surface area contributed by atoms with Gasteiger partial charge in [0, 0.05) is 6.20 Å². The highest BCUT2D eigenvalue weighted by molar-refractivity contribution is 7.60. The molecule has 0 radical (unpaired) electrons. The average Bonchev–Trinajstić information content (AvgIpc) is 2.15. The number of anilines is 1. The van der Waals surface area contributed by atoms with E-state index in [1.54, 1.807) is 0 Å². The van der Waals surface area contributed by atoms with Crippen LogP contribution < -0.4 is 5.09 Å². The van der Waals surface area contributed by atoms with E-state index in [0.29, 0.717) is 11.3 Å². The van der Waals surface area contributed by atoms with E-state index in [9.17, 15) is 0 Å². The number of rotatable bonds is 4. The molecule has 1 heterocycles. The van der Waals surface area contributed by atoms with Gasteiger partial charge in [-0.2, -0.15) is 0 Å². The molecule has 0 aliphatic heterocycles. The molecule has 84 valence electrons. The Labute approximate surface area is 94.3 Å². The monoisotopic (exact) mass is 224 g/mol. The van der Waals surface area contributed by atoms with E-state index >= 15 is 0 Å².